The molecule has 4 aromatic rings. The zero-order valence-corrected chi connectivity index (χ0v) is 19.1. The van der Waals surface area contributed by atoms with Crippen LogP contribution in [0.3, 0.4) is 0 Å². The van der Waals surface area contributed by atoms with Gasteiger partial charge in [-0.05, 0) is 55.8 Å². The van der Waals surface area contributed by atoms with E-state index in [2.05, 4.69) is 9.71 Å². The van der Waals surface area contributed by atoms with Crippen LogP contribution in [-0.4, -0.2) is 20.0 Å². The van der Waals surface area contributed by atoms with Crippen molar-refractivity contribution in [3.63, 3.8) is 0 Å². The molecule has 0 saturated heterocycles. The Kier molecular flexibility index (Phi) is 6.25. The molecule has 4 rings (SSSR count). The van der Waals surface area contributed by atoms with Crippen LogP contribution in [0.4, 0.5) is 10.1 Å². The number of aromatic nitrogens is 1. The average Bonchev–Trinajstić information content (AvgIpc) is 3.25. The van der Waals surface area contributed by atoms with E-state index in [9.17, 15) is 12.8 Å². The molecular formula is C24H21FN2O3S2. The smallest absolute Gasteiger partial charge is 0.261 e. The minimum atomic E-state index is -3.84. The second kappa shape index (κ2) is 9.10. The highest BCUT2D eigenvalue weighted by Crippen LogP contribution is 2.34. The van der Waals surface area contributed by atoms with Crippen LogP contribution in [0.2, 0.25) is 0 Å². The number of aryl methyl sites for hydroxylation is 1. The van der Waals surface area contributed by atoms with Gasteiger partial charge in [-0.2, -0.15) is 0 Å². The first-order valence-electron chi connectivity index (χ1n) is 9.95. The summed E-state index contributed by atoms with van der Waals surface area (Å²) >= 11 is 1.30. The van der Waals surface area contributed by atoms with Crippen molar-refractivity contribution in [1.82, 2.24) is 4.98 Å². The van der Waals surface area contributed by atoms with E-state index in [1.165, 1.54) is 23.5 Å². The van der Waals surface area contributed by atoms with Crippen LogP contribution in [0.25, 0.3) is 21.8 Å². The number of nitrogens with zero attached hydrogens (tertiary/aromatic N) is 1. The van der Waals surface area contributed by atoms with E-state index in [1.54, 1.807) is 66.9 Å². The maximum Gasteiger partial charge on any atom is 0.261 e. The molecule has 0 amide bonds. The van der Waals surface area contributed by atoms with Crippen molar-refractivity contribution in [3.8, 4) is 27.6 Å². The van der Waals surface area contributed by atoms with Gasteiger partial charge < -0.3 is 4.74 Å². The van der Waals surface area contributed by atoms with Gasteiger partial charge in [0.1, 0.15) is 16.6 Å². The van der Waals surface area contributed by atoms with E-state index in [0.717, 1.165) is 5.56 Å². The molecule has 3 aromatic carbocycles. The van der Waals surface area contributed by atoms with E-state index in [1.807, 2.05) is 6.92 Å². The van der Waals surface area contributed by atoms with Crippen molar-refractivity contribution in [2.24, 2.45) is 0 Å². The van der Waals surface area contributed by atoms with Crippen molar-refractivity contribution in [3.05, 3.63) is 83.5 Å². The summed E-state index contributed by atoms with van der Waals surface area (Å²) in [7, 11) is -3.84. The van der Waals surface area contributed by atoms with Crippen molar-refractivity contribution in [2.45, 2.75) is 18.7 Å². The van der Waals surface area contributed by atoms with Crippen molar-refractivity contribution >= 4 is 27.0 Å². The molecule has 0 aliphatic heterocycles. The third-order valence-corrected chi connectivity index (χ3v) is 7.05. The topological polar surface area (TPSA) is 68.3 Å². The number of hydrogen-bond acceptors (Lipinski definition) is 5. The maximum atomic E-state index is 14.2. The Labute approximate surface area is 190 Å². The Bertz CT molecular complexity index is 1370. The second-order valence-electron chi connectivity index (χ2n) is 7.03. The molecule has 0 bridgehead atoms. The number of anilines is 1. The van der Waals surface area contributed by atoms with Gasteiger partial charge in [0.25, 0.3) is 10.0 Å². The summed E-state index contributed by atoms with van der Waals surface area (Å²) in [4.78, 5) is 4.69. The molecule has 0 radical (unpaired) electrons. The highest BCUT2D eigenvalue weighted by atomic mass is 32.2. The average molecular weight is 469 g/mol. The summed E-state index contributed by atoms with van der Waals surface area (Å²) in [5.74, 6) is 0.295. The number of para-hydroxylation sites is 1. The standard InChI is InChI=1S/C24H21FN2O3S2/c1-3-30-23-13-12-17(14-16(23)2)32(28,29)27-21-11-7-5-9-19(21)22-15-31-24(26-22)18-8-4-6-10-20(18)25/h4-15,27H,3H2,1-2H3. The molecule has 1 heterocycles. The van der Waals surface area contributed by atoms with Crippen LogP contribution in [0.1, 0.15) is 12.5 Å². The van der Waals surface area contributed by atoms with E-state index in [4.69, 9.17) is 4.74 Å². The van der Waals surface area contributed by atoms with Gasteiger partial charge in [0.05, 0.1) is 22.9 Å². The van der Waals surface area contributed by atoms with Gasteiger partial charge in [-0.25, -0.2) is 17.8 Å². The van der Waals surface area contributed by atoms with Gasteiger partial charge >= 0.3 is 0 Å². The number of nitrogens with one attached hydrogen (secondary N) is 1. The minimum absolute atomic E-state index is 0.138. The maximum absolute atomic E-state index is 14.2. The number of halogens is 1. The quantitative estimate of drug-likeness (QED) is 0.355. The first-order valence-corrected chi connectivity index (χ1v) is 12.3. The number of benzene rings is 3. The highest BCUT2D eigenvalue weighted by molar-refractivity contribution is 7.92. The predicted octanol–water partition coefficient (Wildman–Crippen LogP) is 6.12. The third-order valence-electron chi connectivity index (χ3n) is 4.81. The summed E-state index contributed by atoms with van der Waals surface area (Å²) < 4.78 is 48.4. The van der Waals surface area contributed by atoms with Crippen LogP contribution >= 0.6 is 11.3 Å². The number of sulfonamides is 1. The zero-order chi connectivity index (χ0) is 22.7. The molecule has 0 aliphatic rings. The van der Waals surface area contributed by atoms with Crippen molar-refractivity contribution in [2.75, 3.05) is 11.3 Å². The summed E-state index contributed by atoms with van der Waals surface area (Å²) in [6.07, 6.45) is 0. The SMILES string of the molecule is CCOc1ccc(S(=O)(=O)Nc2ccccc2-c2csc(-c3ccccc3F)n2)cc1C. The molecule has 1 N–H and O–H groups in total. The van der Waals surface area contributed by atoms with Crippen LogP contribution < -0.4 is 9.46 Å². The molecule has 0 fully saturated rings. The molecule has 164 valence electrons. The van der Waals surface area contributed by atoms with Crippen molar-refractivity contribution < 1.29 is 17.5 Å². The lowest BCUT2D eigenvalue weighted by Gasteiger charge is -2.13. The van der Waals surface area contributed by atoms with Gasteiger partial charge in [0.15, 0.2) is 0 Å². The summed E-state index contributed by atoms with van der Waals surface area (Å²) in [6.45, 7) is 4.18. The minimum Gasteiger partial charge on any atom is -0.494 e. The first-order chi connectivity index (χ1) is 15.4. The zero-order valence-electron chi connectivity index (χ0n) is 17.5. The van der Waals surface area contributed by atoms with Gasteiger partial charge in [0, 0.05) is 16.5 Å². The number of ether oxygens (including phenoxy) is 1. The molecule has 0 atom stereocenters. The lowest BCUT2D eigenvalue weighted by atomic mass is 10.1. The van der Waals surface area contributed by atoms with Gasteiger partial charge in [-0.1, -0.05) is 30.3 Å². The Hall–Kier alpha value is -3.23. The molecule has 0 saturated carbocycles. The van der Waals surface area contributed by atoms with Crippen LogP contribution in [0, 0.1) is 12.7 Å². The molecule has 0 aliphatic carbocycles. The fourth-order valence-electron chi connectivity index (χ4n) is 3.26. The summed E-state index contributed by atoms with van der Waals surface area (Å²) in [5.41, 5.74) is 2.71. The van der Waals surface area contributed by atoms with E-state index < -0.39 is 10.0 Å². The van der Waals surface area contributed by atoms with E-state index >= 15 is 0 Å². The Balaban J connectivity index is 1.66. The highest BCUT2D eigenvalue weighted by Gasteiger charge is 2.19. The van der Waals surface area contributed by atoms with Gasteiger partial charge in [0.2, 0.25) is 0 Å². The fourth-order valence-corrected chi connectivity index (χ4v) is 5.27. The molecular weight excluding hydrogens is 447 g/mol. The Morgan fingerprint density at radius 1 is 1.03 bits per heavy atom. The van der Waals surface area contributed by atoms with Gasteiger partial charge in [-0.15, -0.1) is 11.3 Å². The summed E-state index contributed by atoms with van der Waals surface area (Å²) in [6, 6.07) is 18.2. The Morgan fingerprint density at radius 3 is 2.47 bits per heavy atom. The van der Waals surface area contributed by atoms with E-state index in [-0.39, 0.29) is 10.7 Å². The van der Waals surface area contributed by atoms with Crippen LogP contribution in [0.15, 0.2) is 77.0 Å². The monoisotopic (exact) mass is 468 g/mol. The Morgan fingerprint density at radius 2 is 1.75 bits per heavy atom. The van der Waals surface area contributed by atoms with Crippen LogP contribution in [0.5, 0.6) is 5.75 Å². The molecule has 0 spiro atoms. The largest absolute Gasteiger partial charge is 0.494 e. The number of rotatable bonds is 7. The number of thiazole rings is 1. The molecule has 5 nitrogen and oxygen atoms in total. The first kappa shape index (κ1) is 22.0. The molecule has 32 heavy (non-hydrogen) atoms. The van der Waals surface area contributed by atoms with Crippen molar-refractivity contribution in [1.29, 1.82) is 0 Å². The third kappa shape index (κ3) is 4.51. The number of hydrogen-bond donors (Lipinski definition) is 1. The predicted molar refractivity (Wildman–Crippen MR) is 126 cm³/mol. The lowest BCUT2D eigenvalue weighted by Crippen LogP contribution is -2.14. The fraction of sp³-hybridized carbons (Fsp3) is 0.125. The molecule has 1 aromatic heterocycles. The van der Waals surface area contributed by atoms with E-state index in [0.29, 0.717) is 39.9 Å². The second-order valence-corrected chi connectivity index (χ2v) is 9.57. The van der Waals surface area contributed by atoms with Crippen LogP contribution in [-0.2, 0) is 10.0 Å². The lowest BCUT2D eigenvalue weighted by molar-refractivity contribution is 0.337. The normalized spacial score (nSPS) is 11.3. The molecule has 0 unspecified atom stereocenters. The summed E-state index contributed by atoms with van der Waals surface area (Å²) in [5, 5.41) is 2.31. The molecule has 8 heteroatoms. The van der Waals surface area contributed by atoms with Gasteiger partial charge in [-0.3, -0.25) is 4.72 Å².